The van der Waals surface area contributed by atoms with Gasteiger partial charge in [-0.2, -0.15) is 0 Å². The quantitative estimate of drug-likeness (QED) is 0.529. The molecule has 0 radical (unpaired) electrons. The highest BCUT2D eigenvalue weighted by molar-refractivity contribution is 6.74. The summed E-state index contributed by atoms with van der Waals surface area (Å²) in [5.74, 6) is 0.450. The van der Waals surface area contributed by atoms with Gasteiger partial charge >= 0.3 is 0 Å². The molecule has 4 fully saturated rings. The molecule has 2 heterocycles. The predicted molar refractivity (Wildman–Crippen MR) is 110 cm³/mol. The highest BCUT2D eigenvalue weighted by atomic mass is 28.4. The number of aliphatic hydroxyl groups excluding tert-OH is 1. The molecule has 152 valence electrons. The first-order valence-electron chi connectivity index (χ1n) is 11.0. The fourth-order valence-corrected chi connectivity index (χ4v) is 9.13. The molecular weight excluding hydrogens is 352 g/mol. The standard InChI is InChI=1S/C23H38O3Si/c1-18(2,3)27(7,8)25-17-10-9-15-19(17,4)13-16(24)22-14-20(22,5)21(6)11-12-23(15,22)26-21/h11-12,15-17,24H,9-10,13-14H2,1-8H3/t15-,16-,17+,19+,20+,21+,22-,23+/m1/s1. The molecule has 27 heavy (non-hydrogen) atoms. The predicted octanol–water partition coefficient (Wildman–Crippen LogP) is 5.05. The number of fused-ring (bicyclic) bond motifs is 3. The van der Waals surface area contributed by atoms with Crippen molar-refractivity contribution in [1.29, 1.82) is 0 Å². The van der Waals surface area contributed by atoms with Crippen LogP contribution in [0, 0.1) is 22.2 Å². The van der Waals surface area contributed by atoms with E-state index in [-0.39, 0.29) is 44.7 Å². The van der Waals surface area contributed by atoms with Crippen molar-refractivity contribution in [2.75, 3.05) is 0 Å². The van der Waals surface area contributed by atoms with E-state index in [0.717, 1.165) is 25.7 Å². The fraction of sp³-hybridized carbons (Fsp3) is 0.913. The molecule has 0 unspecified atom stereocenters. The lowest BCUT2D eigenvalue weighted by atomic mass is 9.52. The lowest BCUT2D eigenvalue weighted by Crippen LogP contribution is -2.62. The van der Waals surface area contributed by atoms with Gasteiger partial charge in [-0.15, -0.1) is 0 Å². The van der Waals surface area contributed by atoms with Crippen LogP contribution in [0.3, 0.4) is 0 Å². The largest absolute Gasteiger partial charge is 0.413 e. The molecular formula is C23H38O3Si. The number of hydrogen-bond donors (Lipinski definition) is 1. The molecule has 0 amide bonds. The van der Waals surface area contributed by atoms with Crippen molar-refractivity contribution in [2.45, 2.75) is 109 Å². The van der Waals surface area contributed by atoms with Crippen molar-refractivity contribution in [3.63, 3.8) is 0 Å². The summed E-state index contributed by atoms with van der Waals surface area (Å²) in [5, 5.41) is 11.7. The normalized spacial score (nSPS) is 58.2. The molecule has 0 aromatic heterocycles. The first-order chi connectivity index (χ1) is 12.2. The van der Waals surface area contributed by atoms with Gasteiger partial charge in [0.05, 0.1) is 23.4 Å². The topological polar surface area (TPSA) is 38.7 Å². The second-order valence-corrected chi connectivity index (χ2v) is 17.3. The van der Waals surface area contributed by atoms with Gasteiger partial charge in [0, 0.05) is 22.2 Å². The van der Waals surface area contributed by atoms with Gasteiger partial charge in [0.2, 0.25) is 0 Å². The summed E-state index contributed by atoms with van der Waals surface area (Å²) >= 11 is 0. The molecule has 3 aliphatic carbocycles. The van der Waals surface area contributed by atoms with Gasteiger partial charge in [0.15, 0.2) is 8.32 Å². The zero-order valence-corrected chi connectivity index (χ0v) is 19.5. The Labute approximate surface area is 166 Å². The summed E-state index contributed by atoms with van der Waals surface area (Å²) in [5.41, 5.74) is -0.483. The maximum absolute atomic E-state index is 11.5. The average Bonchev–Trinajstić information content (AvgIpc) is 2.79. The minimum atomic E-state index is -1.85. The van der Waals surface area contributed by atoms with Crippen molar-refractivity contribution < 1.29 is 14.3 Å². The Morgan fingerprint density at radius 3 is 2.41 bits per heavy atom. The highest BCUT2D eigenvalue weighted by Crippen LogP contribution is 2.89. The molecule has 8 atom stereocenters. The maximum atomic E-state index is 11.5. The van der Waals surface area contributed by atoms with Crippen molar-refractivity contribution in [3.05, 3.63) is 12.2 Å². The Morgan fingerprint density at radius 2 is 1.78 bits per heavy atom. The van der Waals surface area contributed by atoms with E-state index in [1.807, 2.05) is 0 Å². The van der Waals surface area contributed by atoms with Crippen LogP contribution in [0.2, 0.25) is 18.1 Å². The molecule has 1 saturated heterocycles. The third-order valence-corrected chi connectivity index (χ3v) is 15.0. The molecule has 0 aromatic carbocycles. The van der Waals surface area contributed by atoms with Crippen LogP contribution in [-0.4, -0.2) is 36.8 Å². The van der Waals surface area contributed by atoms with E-state index in [0.29, 0.717) is 5.92 Å². The molecule has 5 rings (SSSR count). The lowest BCUT2D eigenvalue weighted by Gasteiger charge is -2.56. The van der Waals surface area contributed by atoms with E-state index < -0.39 is 8.32 Å². The number of rotatable bonds is 2. The van der Waals surface area contributed by atoms with E-state index in [9.17, 15) is 5.11 Å². The van der Waals surface area contributed by atoms with Crippen molar-refractivity contribution in [1.82, 2.24) is 0 Å². The first-order valence-corrected chi connectivity index (χ1v) is 13.9. The zero-order valence-electron chi connectivity index (χ0n) is 18.5. The Hall–Kier alpha value is -0.163. The Balaban J connectivity index is 1.54. The Morgan fingerprint density at radius 1 is 1.11 bits per heavy atom. The van der Waals surface area contributed by atoms with Crippen LogP contribution in [0.4, 0.5) is 0 Å². The summed E-state index contributed by atoms with van der Waals surface area (Å²) in [6, 6.07) is 0. The van der Waals surface area contributed by atoms with Gasteiger partial charge in [-0.1, -0.05) is 46.8 Å². The van der Waals surface area contributed by atoms with Crippen LogP contribution < -0.4 is 0 Å². The van der Waals surface area contributed by atoms with Crippen molar-refractivity contribution in [2.24, 2.45) is 22.2 Å². The van der Waals surface area contributed by atoms with E-state index in [2.05, 4.69) is 66.8 Å². The molecule has 1 N–H and O–H groups in total. The first kappa shape index (κ1) is 18.8. The summed E-state index contributed by atoms with van der Waals surface area (Å²) in [7, 11) is -1.85. The third kappa shape index (κ3) is 1.74. The average molecular weight is 391 g/mol. The molecule has 0 aromatic rings. The smallest absolute Gasteiger partial charge is 0.192 e. The minimum absolute atomic E-state index is 0.0103. The zero-order chi connectivity index (χ0) is 19.9. The van der Waals surface area contributed by atoms with E-state index in [1.165, 1.54) is 0 Å². The molecule has 4 heteroatoms. The van der Waals surface area contributed by atoms with E-state index in [4.69, 9.17) is 9.16 Å². The summed E-state index contributed by atoms with van der Waals surface area (Å²) in [4.78, 5) is 0. The highest BCUT2D eigenvalue weighted by Gasteiger charge is 2.93. The van der Waals surface area contributed by atoms with Gasteiger partial charge < -0.3 is 14.3 Å². The molecule has 2 spiro atoms. The summed E-state index contributed by atoms with van der Waals surface area (Å²) in [6.07, 6.45) is 8.84. The molecule has 2 bridgehead atoms. The van der Waals surface area contributed by atoms with Crippen LogP contribution in [-0.2, 0) is 9.16 Å². The Kier molecular flexibility index (Phi) is 3.21. The third-order valence-electron chi connectivity index (χ3n) is 10.5. The van der Waals surface area contributed by atoms with Crippen molar-refractivity contribution >= 4 is 8.32 Å². The Bertz CT molecular complexity index is 740. The van der Waals surface area contributed by atoms with Crippen LogP contribution in [0.25, 0.3) is 0 Å². The van der Waals surface area contributed by atoms with E-state index in [1.54, 1.807) is 0 Å². The van der Waals surface area contributed by atoms with Gasteiger partial charge in [0.1, 0.15) is 0 Å². The number of aliphatic hydroxyl groups is 1. The van der Waals surface area contributed by atoms with Gasteiger partial charge in [-0.25, -0.2) is 0 Å². The maximum Gasteiger partial charge on any atom is 0.192 e. The molecule has 5 aliphatic rings. The van der Waals surface area contributed by atoms with Crippen LogP contribution >= 0.6 is 0 Å². The summed E-state index contributed by atoms with van der Waals surface area (Å²) in [6.45, 7) is 18.7. The molecule has 3 nitrogen and oxygen atoms in total. The minimum Gasteiger partial charge on any atom is -0.413 e. The molecule has 3 saturated carbocycles. The van der Waals surface area contributed by atoms with Crippen LogP contribution in [0.5, 0.6) is 0 Å². The second kappa shape index (κ2) is 4.60. The van der Waals surface area contributed by atoms with Crippen LogP contribution in [0.15, 0.2) is 12.2 Å². The van der Waals surface area contributed by atoms with Crippen molar-refractivity contribution in [3.8, 4) is 0 Å². The fourth-order valence-electron chi connectivity index (χ4n) is 7.68. The molecule has 2 aliphatic heterocycles. The number of ether oxygens (including phenoxy) is 1. The second-order valence-electron chi connectivity index (χ2n) is 12.5. The SMILES string of the molecule is CC(C)(C)[Si](C)(C)O[C@H]1CC[C@@H]2[C@]1(C)C[C@@H](O)[C@]13C[C@@]1(C)[C@]1(C)C=C[C@]23O1. The van der Waals surface area contributed by atoms with Gasteiger partial charge in [-0.3, -0.25) is 0 Å². The van der Waals surface area contributed by atoms with E-state index >= 15 is 0 Å². The van der Waals surface area contributed by atoms with Crippen LogP contribution in [0.1, 0.15) is 67.2 Å². The lowest BCUT2D eigenvalue weighted by molar-refractivity contribution is -0.190. The monoisotopic (exact) mass is 390 g/mol. The number of hydrogen-bond acceptors (Lipinski definition) is 3. The van der Waals surface area contributed by atoms with Gasteiger partial charge in [-0.05, 0) is 50.7 Å². The summed E-state index contributed by atoms with van der Waals surface area (Å²) < 4.78 is 13.9. The van der Waals surface area contributed by atoms with Gasteiger partial charge in [0.25, 0.3) is 0 Å².